The number of nitro groups is 1. The molecule has 0 radical (unpaired) electrons. The summed E-state index contributed by atoms with van der Waals surface area (Å²) in [4.78, 5) is 34.8. The summed E-state index contributed by atoms with van der Waals surface area (Å²) in [7, 11) is 0. The van der Waals surface area contributed by atoms with Gasteiger partial charge in [-0.1, -0.05) is 36.4 Å². The Labute approximate surface area is 151 Å². The van der Waals surface area contributed by atoms with Crippen LogP contribution in [0, 0.1) is 17.0 Å². The molecule has 0 aromatic heterocycles. The molecule has 1 amide bonds. The van der Waals surface area contributed by atoms with E-state index in [-0.39, 0.29) is 5.69 Å². The third-order valence-corrected chi connectivity index (χ3v) is 4.12. The van der Waals surface area contributed by atoms with Gasteiger partial charge in [0.1, 0.15) is 0 Å². The van der Waals surface area contributed by atoms with E-state index < -0.39 is 28.8 Å². The summed E-state index contributed by atoms with van der Waals surface area (Å²) in [6, 6.07) is 13.5. The topological polar surface area (TPSA) is 98.5 Å². The van der Waals surface area contributed by atoms with Gasteiger partial charge in [0.15, 0.2) is 6.61 Å². The number of nitrogens with zero attached hydrogens (tertiary/aromatic N) is 1. The fourth-order valence-electron chi connectivity index (χ4n) is 2.43. The van der Waals surface area contributed by atoms with Crippen molar-refractivity contribution in [1.29, 1.82) is 0 Å². The fourth-order valence-corrected chi connectivity index (χ4v) is 2.43. The zero-order chi connectivity index (χ0) is 19.3. The van der Waals surface area contributed by atoms with Crippen LogP contribution in [0.2, 0.25) is 0 Å². The first kappa shape index (κ1) is 19.1. The monoisotopic (exact) mass is 356 g/mol. The summed E-state index contributed by atoms with van der Waals surface area (Å²) >= 11 is 0. The molecule has 136 valence electrons. The second-order valence-corrected chi connectivity index (χ2v) is 6.32. The van der Waals surface area contributed by atoms with Gasteiger partial charge in [0.25, 0.3) is 11.6 Å². The quantitative estimate of drug-likeness (QED) is 0.486. The Morgan fingerprint density at radius 3 is 2.38 bits per heavy atom. The van der Waals surface area contributed by atoms with Gasteiger partial charge in [0, 0.05) is 6.07 Å². The first-order valence-corrected chi connectivity index (χ1v) is 8.00. The lowest BCUT2D eigenvalue weighted by molar-refractivity contribution is -0.385. The SMILES string of the molecule is Cc1c(NC(=O)COC(=O)C(C)(C)c2ccccc2)cccc1[N+](=O)[O-]. The van der Waals surface area contributed by atoms with Gasteiger partial charge < -0.3 is 10.1 Å². The molecule has 0 spiro atoms. The molecule has 7 nitrogen and oxygen atoms in total. The lowest BCUT2D eigenvalue weighted by Gasteiger charge is -2.22. The van der Waals surface area contributed by atoms with E-state index in [0.717, 1.165) is 5.56 Å². The Kier molecular flexibility index (Phi) is 5.71. The smallest absolute Gasteiger partial charge is 0.316 e. The maximum absolute atomic E-state index is 12.3. The number of carbonyl (C=O) groups excluding carboxylic acids is 2. The molecule has 0 aliphatic carbocycles. The van der Waals surface area contributed by atoms with Crippen LogP contribution in [0.5, 0.6) is 0 Å². The van der Waals surface area contributed by atoms with Crippen molar-refractivity contribution in [3.63, 3.8) is 0 Å². The summed E-state index contributed by atoms with van der Waals surface area (Å²) in [5.74, 6) is -1.10. The van der Waals surface area contributed by atoms with Crippen LogP contribution in [0.25, 0.3) is 0 Å². The molecule has 1 N–H and O–H groups in total. The van der Waals surface area contributed by atoms with Crippen molar-refractivity contribution in [1.82, 2.24) is 0 Å². The number of amides is 1. The highest BCUT2D eigenvalue weighted by atomic mass is 16.6. The number of hydrogen-bond acceptors (Lipinski definition) is 5. The minimum atomic E-state index is -0.900. The van der Waals surface area contributed by atoms with Gasteiger partial charge in [-0.25, -0.2) is 0 Å². The van der Waals surface area contributed by atoms with E-state index >= 15 is 0 Å². The van der Waals surface area contributed by atoms with Gasteiger partial charge in [-0.2, -0.15) is 0 Å². The van der Waals surface area contributed by atoms with Crippen LogP contribution in [0.15, 0.2) is 48.5 Å². The van der Waals surface area contributed by atoms with Gasteiger partial charge in [-0.15, -0.1) is 0 Å². The van der Waals surface area contributed by atoms with E-state index in [1.807, 2.05) is 30.3 Å². The average Bonchev–Trinajstić information content (AvgIpc) is 2.61. The molecule has 0 saturated carbocycles. The number of esters is 1. The molecule has 0 fully saturated rings. The molecule has 2 aromatic rings. The van der Waals surface area contributed by atoms with Crippen LogP contribution < -0.4 is 5.32 Å². The average molecular weight is 356 g/mol. The summed E-state index contributed by atoms with van der Waals surface area (Å²) in [5, 5.41) is 13.5. The number of hydrogen-bond donors (Lipinski definition) is 1. The molecule has 0 heterocycles. The number of nitro benzene ring substituents is 1. The first-order valence-electron chi connectivity index (χ1n) is 8.00. The second kappa shape index (κ2) is 7.77. The van der Waals surface area contributed by atoms with Crippen LogP contribution in [-0.4, -0.2) is 23.4 Å². The van der Waals surface area contributed by atoms with Crippen molar-refractivity contribution >= 4 is 23.3 Å². The van der Waals surface area contributed by atoms with Crippen molar-refractivity contribution < 1.29 is 19.2 Å². The third-order valence-electron chi connectivity index (χ3n) is 4.12. The predicted octanol–water partition coefficient (Wildman–Crippen LogP) is 3.36. The van der Waals surface area contributed by atoms with Crippen LogP contribution in [0.3, 0.4) is 0 Å². The first-order chi connectivity index (χ1) is 12.2. The van der Waals surface area contributed by atoms with E-state index in [9.17, 15) is 19.7 Å². The lowest BCUT2D eigenvalue weighted by Crippen LogP contribution is -2.33. The summed E-state index contributed by atoms with van der Waals surface area (Å²) in [5.41, 5.74) is 0.428. The number of ether oxygens (including phenoxy) is 1. The van der Waals surface area contributed by atoms with Gasteiger partial charge in [0.2, 0.25) is 0 Å². The van der Waals surface area contributed by atoms with E-state index in [1.165, 1.54) is 19.1 Å². The second-order valence-electron chi connectivity index (χ2n) is 6.32. The van der Waals surface area contributed by atoms with Crippen molar-refractivity contribution in [2.24, 2.45) is 0 Å². The fraction of sp³-hybridized carbons (Fsp3) is 0.263. The number of rotatable bonds is 6. The van der Waals surface area contributed by atoms with Gasteiger partial charge in [-0.3, -0.25) is 19.7 Å². The molecule has 0 atom stereocenters. The summed E-state index contributed by atoms with van der Waals surface area (Å²) in [6.07, 6.45) is 0. The third kappa shape index (κ3) is 4.24. The van der Waals surface area contributed by atoms with Crippen molar-refractivity contribution in [3.8, 4) is 0 Å². The molecule has 0 aliphatic rings. The van der Waals surface area contributed by atoms with Crippen LogP contribution in [-0.2, 0) is 19.7 Å². The highest BCUT2D eigenvalue weighted by molar-refractivity contribution is 5.94. The molecule has 7 heteroatoms. The molecule has 0 bridgehead atoms. The standard InChI is InChI=1S/C19H20N2O5/c1-13-15(10-7-11-16(13)21(24)25)20-17(22)12-26-18(23)19(2,3)14-8-5-4-6-9-14/h4-11H,12H2,1-3H3,(H,20,22). The molecule has 2 aromatic carbocycles. The maximum Gasteiger partial charge on any atom is 0.316 e. The molecule has 2 rings (SSSR count). The Hall–Kier alpha value is -3.22. The molecule has 0 aliphatic heterocycles. The number of anilines is 1. The van der Waals surface area contributed by atoms with Crippen LogP contribution in [0.1, 0.15) is 25.0 Å². The summed E-state index contributed by atoms with van der Waals surface area (Å²) < 4.78 is 5.13. The largest absolute Gasteiger partial charge is 0.455 e. The molecular formula is C19H20N2O5. The zero-order valence-electron chi connectivity index (χ0n) is 14.8. The minimum absolute atomic E-state index is 0.0926. The minimum Gasteiger partial charge on any atom is -0.455 e. The van der Waals surface area contributed by atoms with E-state index in [1.54, 1.807) is 19.9 Å². The van der Waals surface area contributed by atoms with Crippen LogP contribution >= 0.6 is 0 Å². The summed E-state index contributed by atoms with van der Waals surface area (Å²) in [6.45, 7) is 4.50. The van der Waals surface area contributed by atoms with E-state index in [2.05, 4.69) is 5.32 Å². The van der Waals surface area contributed by atoms with Gasteiger partial charge in [0.05, 0.1) is 21.6 Å². The molecule has 0 unspecified atom stereocenters. The molecular weight excluding hydrogens is 336 g/mol. The highest BCUT2D eigenvalue weighted by Gasteiger charge is 2.31. The number of nitrogens with one attached hydrogen (secondary N) is 1. The Morgan fingerprint density at radius 2 is 1.77 bits per heavy atom. The Morgan fingerprint density at radius 1 is 1.12 bits per heavy atom. The highest BCUT2D eigenvalue weighted by Crippen LogP contribution is 2.26. The Balaban J connectivity index is 2.00. The maximum atomic E-state index is 12.3. The zero-order valence-corrected chi connectivity index (χ0v) is 14.8. The Bertz CT molecular complexity index is 831. The van der Waals surface area contributed by atoms with Crippen LogP contribution in [0.4, 0.5) is 11.4 Å². The van der Waals surface area contributed by atoms with Gasteiger partial charge >= 0.3 is 5.97 Å². The normalized spacial score (nSPS) is 10.9. The lowest BCUT2D eigenvalue weighted by atomic mass is 9.85. The van der Waals surface area contributed by atoms with Crippen molar-refractivity contribution in [2.45, 2.75) is 26.2 Å². The van der Waals surface area contributed by atoms with Gasteiger partial charge in [-0.05, 0) is 32.4 Å². The molecule has 26 heavy (non-hydrogen) atoms. The number of carbonyl (C=O) groups is 2. The van der Waals surface area contributed by atoms with E-state index in [4.69, 9.17) is 4.74 Å². The van der Waals surface area contributed by atoms with Crippen molar-refractivity contribution in [3.05, 3.63) is 69.8 Å². The van der Waals surface area contributed by atoms with E-state index in [0.29, 0.717) is 11.3 Å². The molecule has 0 saturated heterocycles. The van der Waals surface area contributed by atoms with Crippen molar-refractivity contribution in [2.75, 3.05) is 11.9 Å². The number of benzene rings is 2. The predicted molar refractivity (Wildman–Crippen MR) is 96.9 cm³/mol.